The van der Waals surface area contributed by atoms with Crippen LogP contribution < -0.4 is 0 Å². The van der Waals surface area contributed by atoms with Crippen molar-refractivity contribution in [2.75, 3.05) is 46.8 Å². The highest BCUT2D eigenvalue weighted by molar-refractivity contribution is 6.07. The number of phenols is 1. The van der Waals surface area contributed by atoms with E-state index in [1.165, 1.54) is 4.90 Å². The highest BCUT2D eigenvalue weighted by Crippen LogP contribution is 2.38. The molecule has 1 spiro atoms. The predicted molar refractivity (Wildman–Crippen MR) is 117 cm³/mol. The van der Waals surface area contributed by atoms with E-state index in [4.69, 9.17) is 0 Å². The second kappa shape index (κ2) is 9.35. The molecule has 166 valence electrons. The molecule has 2 aliphatic heterocycles. The maximum absolute atomic E-state index is 13.5. The molecule has 0 aliphatic carbocycles. The summed E-state index contributed by atoms with van der Waals surface area (Å²) >= 11 is 0. The fourth-order valence-electron chi connectivity index (χ4n) is 4.45. The van der Waals surface area contributed by atoms with E-state index < -0.39 is 5.54 Å². The first kappa shape index (κ1) is 22.6. The van der Waals surface area contributed by atoms with Crippen molar-refractivity contribution in [1.29, 1.82) is 0 Å². The molecular formula is C23H36N4O3. The number of piperidine rings is 1. The summed E-state index contributed by atoms with van der Waals surface area (Å²) in [7, 11) is 3.91. The first-order valence-electron chi connectivity index (χ1n) is 11.0. The van der Waals surface area contributed by atoms with Gasteiger partial charge < -0.3 is 14.9 Å². The lowest BCUT2D eigenvalue weighted by atomic mass is 9.85. The van der Waals surface area contributed by atoms with Gasteiger partial charge in [0.2, 0.25) is 0 Å². The molecule has 2 fully saturated rings. The van der Waals surface area contributed by atoms with E-state index >= 15 is 0 Å². The Kier molecular flexibility index (Phi) is 7.03. The standard InChI is InChI=1S/C23H36N4O3/c1-18(2)8-11-27-22(30)26(15-14-24(3)4)21(29)23(27)9-12-25(13-10-23)17-19-6-5-7-20(28)16-19/h5-7,16,18,28H,8-15,17H2,1-4H3. The predicted octanol–water partition coefficient (Wildman–Crippen LogP) is 2.60. The zero-order chi connectivity index (χ0) is 21.9. The number of urea groups is 1. The van der Waals surface area contributed by atoms with E-state index in [0.717, 1.165) is 31.6 Å². The zero-order valence-corrected chi connectivity index (χ0v) is 18.8. The number of nitrogens with zero attached hydrogens (tertiary/aromatic N) is 4. The van der Waals surface area contributed by atoms with E-state index in [1.807, 2.05) is 36.0 Å². The van der Waals surface area contributed by atoms with Crippen molar-refractivity contribution in [1.82, 2.24) is 19.6 Å². The summed E-state index contributed by atoms with van der Waals surface area (Å²) in [6.07, 6.45) is 2.22. The van der Waals surface area contributed by atoms with E-state index in [-0.39, 0.29) is 17.7 Å². The Morgan fingerprint density at radius 3 is 2.43 bits per heavy atom. The topological polar surface area (TPSA) is 67.3 Å². The van der Waals surface area contributed by atoms with Gasteiger partial charge in [0.05, 0.1) is 0 Å². The number of carbonyl (C=O) groups is 2. The second-order valence-corrected chi connectivity index (χ2v) is 9.35. The number of likely N-dealkylation sites (tertiary alicyclic amines) is 1. The molecule has 7 nitrogen and oxygen atoms in total. The van der Waals surface area contributed by atoms with Crippen LogP contribution in [0.3, 0.4) is 0 Å². The van der Waals surface area contributed by atoms with Gasteiger partial charge in [0.25, 0.3) is 5.91 Å². The molecule has 0 aromatic heterocycles. The summed E-state index contributed by atoms with van der Waals surface area (Å²) in [6.45, 7) is 8.30. The van der Waals surface area contributed by atoms with Gasteiger partial charge in [-0.3, -0.25) is 14.6 Å². The number of phenolic OH excluding ortho intramolecular Hbond substituents is 1. The van der Waals surface area contributed by atoms with Crippen molar-refractivity contribution in [3.63, 3.8) is 0 Å². The number of carbonyl (C=O) groups excluding carboxylic acids is 2. The van der Waals surface area contributed by atoms with Crippen LogP contribution in [0.4, 0.5) is 4.79 Å². The normalized spacial score (nSPS) is 19.7. The molecule has 2 saturated heterocycles. The highest BCUT2D eigenvalue weighted by atomic mass is 16.3. The quantitative estimate of drug-likeness (QED) is 0.660. The van der Waals surface area contributed by atoms with Gasteiger partial charge in [-0.1, -0.05) is 26.0 Å². The van der Waals surface area contributed by atoms with Gasteiger partial charge in [0, 0.05) is 39.3 Å². The minimum atomic E-state index is -0.701. The number of imide groups is 1. The molecule has 30 heavy (non-hydrogen) atoms. The summed E-state index contributed by atoms with van der Waals surface area (Å²) in [5.41, 5.74) is 0.359. The third-order valence-corrected chi connectivity index (χ3v) is 6.32. The Labute approximate surface area is 180 Å². The summed E-state index contributed by atoms with van der Waals surface area (Å²) in [5.74, 6) is 0.732. The van der Waals surface area contributed by atoms with Crippen LogP contribution >= 0.6 is 0 Å². The molecular weight excluding hydrogens is 380 g/mol. The molecule has 0 atom stereocenters. The number of likely N-dealkylation sites (N-methyl/N-ethyl adjacent to an activating group) is 1. The van der Waals surface area contributed by atoms with Crippen LogP contribution in [0.15, 0.2) is 24.3 Å². The minimum absolute atomic E-state index is 0.0184. The lowest BCUT2D eigenvalue weighted by Gasteiger charge is -2.42. The average Bonchev–Trinajstić information content (AvgIpc) is 2.87. The summed E-state index contributed by atoms with van der Waals surface area (Å²) in [4.78, 5) is 34.3. The van der Waals surface area contributed by atoms with Crippen LogP contribution in [0.5, 0.6) is 5.75 Å². The zero-order valence-electron chi connectivity index (χ0n) is 18.8. The fourth-order valence-corrected chi connectivity index (χ4v) is 4.45. The number of amides is 3. The number of hydrogen-bond acceptors (Lipinski definition) is 5. The fraction of sp³-hybridized carbons (Fsp3) is 0.652. The summed E-state index contributed by atoms with van der Waals surface area (Å²) < 4.78 is 0. The maximum atomic E-state index is 13.5. The van der Waals surface area contributed by atoms with Gasteiger partial charge in [-0.15, -0.1) is 0 Å². The SMILES string of the molecule is CC(C)CCN1C(=O)N(CCN(C)C)C(=O)C12CCN(Cc1cccc(O)c1)CC2. The Hall–Kier alpha value is -2.12. The van der Waals surface area contributed by atoms with E-state index in [1.54, 1.807) is 12.1 Å². The molecule has 2 heterocycles. The van der Waals surface area contributed by atoms with Crippen molar-refractivity contribution < 1.29 is 14.7 Å². The van der Waals surface area contributed by atoms with Gasteiger partial charge in [0.15, 0.2) is 0 Å². The van der Waals surface area contributed by atoms with Gasteiger partial charge in [-0.2, -0.15) is 0 Å². The van der Waals surface area contributed by atoms with Crippen LogP contribution in [0.25, 0.3) is 0 Å². The monoisotopic (exact) mass is 416 g/mol. The number of rotatable bonds is 8. The van der Waals surface area contributed by atoms with Gasteiger partial charge in [-0.25, -0.2) is 4.79 Å². The lowest BCUT2D eigenvalue weighted by Crippen LogP contribution is -2.56. The molecule has 3 rings (SSSR count). The Bertz CT molecular complexity index is 757. The third kappa shape index (κ3) is 4.78. The van der Waals surface area contributed by atoms with Crippen LogP contribution in [0, 0.1) is 5.92 Å². The lowest BCUT2D eigenvalue weighted by molar-refractivity contribution is -0.135. The van der Waals surface area contributed by atoms with Crippen molar-refractivity contribution in [2.45, 2.75) is 45.2 Å². The van der Waals surface area contributed by atoms with Crippen molar-refractivity contribution in [2.24, 2.45) is 5.92 Å². The largest absolute Gasteiger partial charge is 0.508 e. The number of hydrogen-bond donors (Lipinski definition) is 1. The Morgan fingerprint density at radius 1 is 1.13 bits per heavy atom. The third-order valence-electron chi connectivity index (χ3n) is 6.32. The molecule has 0 unspecified atom stereocenters. The van der Waals surface area contributed by atoms with Crippen LogP contribution in [-0.2, 0) is 11.3 Å². The minimum Gasteiger partial charge on any atom is -0.508 e. The molecule has 1 N–H and O–H groups in total. The molecule has 2 aliphatic rings. The smallest absolute Gasteiger partial charge is 0.327 e. The summed E-state index contributed by atoms with van der Waals surface area (Å²) in [6, 6.07) is 7.19. The van der Waals surface area contributed by atoms with Crippen LogP contribution in [-0.4, -0.2) is 89.0 Å². The Balaban J connectivity index is 1.73. The molecule has 7 heteroatoms. The molecule has 0 radical (unpaired) electrons. The van der Waals surface area contributed by atoms with Crippen LogP contribution in [0.2, 0.25) is 0 Å². The van der Waals surface area contributed by atoms with Crippen molar-refractivity contribution in [3.8, 4) is 5.75 Å². The first-order chi connectivity index (χ1) is 14.2. The van der Waals surface area contributed by atoms with Crippen molar-refractivity contribution >= 4 is 11.9 Å². The molecule has 3 amide bonds. The number of aromatic hydroxyl groups is 1. The van der Waals surface area contributed by atoms with Gasteiger partial charge in [0.1, 0.15) is 11.3 Å². The van der Waals surface area contributed by atoms with E-state index in [9.17, 15) is 14.7 Å². The average molecular weight is 417 g/mol. The number of benzene rings is 1. The highest BCUT2D eigenvalue weighted by Gasteiger charge is 2.57. The van der Waals surface area contributed by atoms with Crippen molar-refractivity contribution in [3.05, 3.63) is 29.8 Å². The maximum Gasteiger partial charge on any atom is 0.327 e. The molecule has 1 aromatic carbocycles. The second-order valence-electron chi connectivity index (χ2n) is 9.35. The van der Waals surface area contributed by atoms with E-state index in [2.05, 4.69) is 18.7 Å². The molecule has 1 aromatic rings. The van der Waals surface area contributed by atoms with E-state index in [0.29, 0.717) is 38.4 Å². The summed E-state index contributed by atoms with van der Waals surface area (Å²) in [5, 5.41) is 9.71. The Morgan fingerprint density at radius 2 is 1.83 bits per heavy atom. The van der Waals surface area contributed by atoms with Gasteiger partial charge in [-0.05, 0) is 57.0 Å². The first-order valence-corrected chi connectivity index (χ1v) is 11.0. The van der Waals surface area contributed by atoms with Gasteiger partial charge >= 0.3 is 6.03 Å². The molecule has 0 saturated carbocycles. The van der Waals surface area contributed by atoms with Crippen LogP contribution in [0.1, 0.15) is 38.7 Å². The molecule has 0 bridgehead atoms.